The Labute approximate surface area is 166 Å². The zero-order valence-corrected chi connectivity index (χ0v) is 16.3. The number of carbonyl (C=O) groups excluding carboxylic acids is 1. The van der Waals surface area contributed by atoms with Gasteiger partial charge in [0.05, 0.1) is 12.0 Å². The highest BCUT2D eigenvalue weighted by Crippen LogP contribution is 2.34. The molecule has 1 atom stereocenters. The number of amides is 1. The fourth-order valence-electron chi connectivity index (χ4n) is 4.47. The van der Waals surface area contributed by atoms with E-state index in [2.05, 4.69) is 22.3 Å². The molecule has 0 aliphatic carbocycles. The van der Waals surface area contributed by atoms with Crippen LogP contribution in [-0.2, 0) is 23.2 Å². The highest BCUT2D eigenvalue weighted by Gasteiger charge is 2.35. The van der Waals surface area contributed by atoms with Gasteiger partial charge >= 0.3 is 0 Å². The first-order valence-corrected chi connectivity index (χ1v) is 10.1. The third-order valence-electron chi connectivity index (χ3n) is 6.14. The number of aliphatic hydroxyl groups excluding tert-OH is 1. The summed E-state index contributed by atoms with van der Waals surface area (Å²) in [7, 11) is 0. The Morgan fingerprint density at radius 3 is 2.61 bits per heavy atom. The van der Waals surface area contributed by atoms with Crippen LogP contribution < -0.4 is 5.32 Å². The largest absolute Gasteiger partial charge is 0.385 e. The molecule has 0 bridgehead atoms. The Bertz CT molecular complexity index is 858. The SMILES string of the molecule is Cc1cc(CCC(O)N2CCC(O)(c3ccccc3)CC2)cc2c1NC(=O)C2. The van der Waals surface area contributed by atoms with E-state index in [0.717, 1.165) is 34.4 Å². The lowest BCUT2D eigenvalue weighted by molar-refractivity contribution is -0.115. The summed E-state index contributed by atoms with van der Waals surface area (Å²) >= 11 is 0. The van der Waals surface area contributed by atoms with E-state index >= 15 is 0 Å². The van der Waals surface area contributed by atoms with Crippen LogP contribution in [0.4, 0.5) is 5.69 Å². The van der Waals surface area contributed by atoms with Crippen molar-refractivity contribution in [3.05, 3.63) is 64.7 Å². The Morgan fingerprint density at radius 1 is 1.18 bits per heavy atom. The fraction of sp³-hybridized carbons (Fsp3) is 0.435. The maximum Gasteiger partial charge on any atom is 0.228 e. The third kappa shape index (κ3) is 3.83. The van der Waals surface area contributed by atoms with E-state index in [1.165, 1.54) is 0 Å². The van der Waals surface area contributed by atoms with E-state index in [0.29, 0.717) is 38.8 Å². The fourth-order valence-corrected chi connectivity index (χ4v) is 4.47. The second-order valence-electron chi connectivity index (χ2n) is 8.12. The summed E-state index contributed by atoms with van der Waals surface area (Å²) in [6.45, 7) is 3.36. The van der Waals surface area contributed by atoms with Crippen molar-refractivity contribution in [2.24, 2.45) is 0 Å². The van der Waals surface area contributed by atoms with Crippen molar-refractivity contribution in [1.82, 2.24) is 4.90 Å². The summed E-state index contributed by atoms with van der Waals surface area (Å²) < 4.78 is 0. The van der Waals surface area contributed by atoms with Gasteiger partial charge < -0.3 is 15.5 Å². The van der Waals surface area contributed by atoms with Crippen LogP contribution in [0.5, 0.6) is 0 Å². The van der Waals surface area contributed by atoms with E-state index in [4.69, 9.17) is 0 Å². The average Bonchev–Trinajstić information content (AvgIpc) is 3.08. The van der Waals surface area contributed by atoms with Crippen molar-refractivity contribution < 1.29 is 15.0 Å². The molecule has 2 aliphatic heterocycles. The monoisotopic (exact) mass is 380 g/mol. The van der Waals surface area contributed by atoms with E-state index in [9.17, 15) is 15.0 Å². The molecule has 1 saturated heterocycles. The van der Waals surface area contributed by atoms with Gasteiger partial charge in [-0.3, -0.25) is 9.69 Å². The number of anilines is 1. The Hall–Kier alpha value is -2.21. The molecule has 4 rings (SSSR count). The number of hydrogen-bond acceptors (Lipinski definition) is 4. The van der Waals surface area contributed by atoms with Crippen LogP contribution in [0.15, 0.2) is 42.5 Å². The smallest absolute Gasteiger partial charge is 0.228 e. The molecule has 1 unspecified atom stereocenters. The molecule has 0 saturated carbocycles. The molecule has 0 spiro atoms. The first kappa shape index (κ1) is 19.1. The molecule has 28 heavy (non-hydrogen) atoms. The number of nitrogens with one attached hydrogen (secondary N) is 1. The summed E-state index contributed by atoms with van der Waals surface area (Å²) in [5.74, 6) is 0.0505. The van der Waals surface area contributed by atoms with Gasteiger partial charge in [-0.2, -0.15) is 0 Å². The molecular weight excluding hydrogens is 352 g/mol. The number of benzene rings is 2. The summed E-state index contributed by atoms with van der Waals surface area (Å²) in [6, 6.07) is 14.0. The van der Waals surface area contributed by atoms with Gasteiger partial charge in [-0.25, -0.2) is 0 Å². The van der Waals surface area contributed by atoms with E-state index in [-0.39, 0.29) is 5.91 Å². The van der Waals surface area contributed by atoms with E-state index < -0.39 is 11.8 Å². The quantitative estimate of drug-likeness (QED) is 0.746. The molecule has 0 radical (unpaired) electrons. The van der Waals surface area contributed by atoms with Crippen LogP contribution in [0.25, 0.3) is 0 Å². The molecule has 1 amide bonds. The minimum absolute atomic E-state index is 0.0505. The van der Waals surface area contributed by atoms with Crippen LogP contribution in [0, 0.1) is 6.92 Å². The van der Waals surface area contributed by atoms with Crippen LogP contribution in [0.2, 0.25) is 0 Å². The van der Waals surface area contributed by atoms with Gasteiger partial charge in [-0.05, 0) is 54.9 Å². The van der Waals surface area contributed by atoms with Crippen LogP contribution in [0.3, 0.4) is 0 Å². The Kier molecular flexibility index (Phi) is 5.23. The van der Waals surface area contributed by atoms with Crippen LogP contribution in [0.1, 0.15) is 41.5 Å². The first-order chi connectivity index (χ1) is 13.4. The maximum atomic E-state index is 11.6. The molecule has 2 heterocycles. The highest BCUT2D eigenvalue weighted by molar-refractivity contribution is 6.00. The van der Waals surface area contributed by atoms with Gasteiger partial charge in [0, 0.05) is 18.8 Å². The minimum atomic E-state index is -0.798. The lowest BCUT2D eigenvalue weighted by Crippen LogP contribution is -2.47. The number of rotatable bonds is 5. The Balaban J connectivity index is 1.33. The number of fused-ring (bicyclic) bond motifs is 1. The molecule has 2 aromatic carbocycles. The molecular formula is C23H28N2O3. The summed E-state index contributed by atoms with van der Waals surface area (Å²) in [5.41, 5.74) is 4.41. The lowest BCUT2D eigenvalue weighted by Gasteiger charge is -2.40. The van der Waals surface area contributed by atoms with Gasteiger partial charge in [0.15, 0.2) is 0 Å². The van der Waals surface area contributed by atoms with E-state index in [1.54, 1.807) is 0 Å². The topological polar surface area (TPSA) is 72.8 Å². The average molecular weight is 380 g/mol. The molecule has 1 fully saturated rings. The number of likely N-dealkylation sites (tertiary alicyclic amines) is 1. The van der Waals surface area contributed by atoms with Crippen molar-refractivity contribution in [1.29, 1.82) is 0 Å². The van der Waals surface area contributed by atoms with Crippen LogP contribution in [-0.4, -0.2) is 40.3 Å². The maximum absolute atomic E-state index is 11.6. The molecule has 2 aromatic rings. The zero-order chi connectivity index (χ0) is 19.7. The normalized spacial score (nSPS) is 19.9. The highest BCUT2D eigenvalue weighted by atomic mass is 16.3. The molecule has 3 N–H and O–H groups in total. The van der Waals surface area contributed by atoms with Crippen molar-refractivity contribution in [2.45, 2.75) is 50.9 Å². The second-order valence-corrected chi connectivity index (χ2v) is 8.12. The lowest BCUT2D eigenvalue weighted by atomic mass is 9.84. The van der Waals surface area contributed by atoms with Crippen molar-refractivity contribution in [3.63, 3.8) is 0 Å². The van der Waals surface area contributed by atoms with Gasteiger partial charge in [-0.15, -0.1) is 0 Å². The van der Waals surface area contributed by atoms with Gasteiger partial charge in [-0.1, -0.05) is 42.5 Å². The molecule has 5 heteroatoms. The number of piperidine rings is 1. The number of aliphatic hydroxyl groups is 2. The van der Waals surface area contributed by atoms with Gasteiger partial charge in [0.25, 0.3) is 0 Å². The van der Waals surface area contributed by atoms with Crippen molar-refractivity contribution in [2.75, 3.05) is 18.4 Å². The number of aryl methyl sites for hydroxylation is 2. The zero-order valence-electron chi connectivity index (χ0n) is 16.3. The summed E-state index contributed by atoms with van der Waals surface area (Å²) in [4.78, 5) is 13.7. The Morgan fingerprint density at radius 2 is 1.89 bits per heavy atom. The number of hydrogen-bond donors (Lipinski definition) is 3. The van der Waals surface area contributed by atoms with Gasteiger partial charge in [0.2, 0.25) is 5.91 Å². The van der Waals surface area contributed by atoms with E-state index in [1.807, 2.05) is 37.3 Å². The van der Waals surface area contributed by atoms with Crippen molar-refractivity contribution >= 4 is 11.6 Å². The summed E-state index contributed by atoms with van der Waals surface area (Å²) in [5, 5.41) is 24.5. The molecule has 5 nitrogen and oxygen atoms in total. The van der Waals surface area contributed by atoms with Gasteiger partial charge in [0.1, 0.15) is 6.23 Å². The second kappa shape index (κ2) is 7.66. The predicted octanol–water partition coefficient (Wildman–Crippen LogP) is 2.72. The van der Waals surface area contributed by atoms with Crippen molar-refractivity contribution in [3.8, 4) is 0 Å². The number of carbonyl (C=O) groups is 1. The third-order valence-corrected chi connectivity index (χ3v) is 6.14. The molecule has 0 aromatic heterocycles. The standard InChI is InChI=1S/C23H28N2O3/c1-16-13-17(14-18-15-20(26)24-22(16)18)7-8-21(27)25-11-9-23(28,10-12-25)19-5-3-2-4-6-19/h2-6,13-14,21,27-28H,7-12,15H2,1H3,(H,24,26). The first-order valence-electron chi connectivity index (χ1n) is 10.1. The summed E-state index contributed by atoms with van der Waals surface area (Å²) in [6.07, 6.45) is 2.58. The predicted molar refractivity (Wildman–Crippen MR) is 109 cm³/mol. The molecule has 2 aliphatic rings. The van der Waals surface area contributed by atoms with Crippen LogP contribution >= 0.6 is 0 Å². The minimum Gasteiger partial charge on any atom is -0.385 e. The molecule has 148 valence electrons. The number of nitrogens with zero attached hydrogens (tertiary/aromatic N) is 1.